The van der Waals surface area contributed by atoms with E-state index in [0.717, 1.165) is 12.1 Å². The van der Waals surface area contributed by atoms with Gasteiger partial charge in [0, 0.05) is 16.2 Å². The Balaban J connectivity index is 1.98. The van der Waals surface area contributed by atoms with Gasteiger partial charge in [0.05, 0.1) is 11.0 Å². The maximum Gasteiger partial charge on any atom is 0.251 e. The molecule has 114 valence electrons. The summed E-state index contributed by atoms with van der Waals surface area (Å²) >= 11 is 3.24. The van der Waals surface area contributed by atoms with Gasteiger partial charge in [-0.25, -0.2) is 13.8 Å². The van der Waals surface area contributed by atoms with E-state index in [9.17, 15) is 18.4 Å². The summed E-state index contributed by atoms with van der Waals surface area (Å²) in [6.45, 7) is 0. The molecule has 2 aromatic heterocycles. The number of halogens is 3. The normalized spacial score (nSPS) is 10.7. The van der Waals surface area contributed by atoms with Crippen LogP contribution < -0.4 is 0 Å². The second kappa shape index (κ2) is 5.92. The second-order valence-electron chi connectivity index (χ2n) is 4.68. The molecule has 4 nitrogen and oxygen atoms in total. The summed E-state index contributed by atoms with van der Waals surface area (Å²) in [7, 11) is 0. The SMILES string of the molecule is O=C(C(=O)c1ccc2ncc(Br)cc2n1)c1ccc(F)c(F)c1. The molecule has 7 heteroatoms. The number of fused-ring (bicyclic) bond motifs is 1. The highest BCUT2D eigenvalue weighted by molar-refractivity contribution is 9.10. The van der Waals surface area contributed by atoms with Gasteiger partial charge < -0.3 is 0 Å². The molecule has 0 saturated carbocycles. The molecular formula is C16H7BrF2N2O2. The van der Waals surface area contributed by atoms with E-state index in [2.05, 4.69) is 25.9 Å². The van der Waals surface area contributed by atoms with Crippen LogP contribution in [0.15, 0.2) is 47.1 Å². The standard InChI is InChI=1S/C16H7BrF2N2O2/c17-9-6-14-12(20-7-9)3-4-13(21-14)16(23)15(22)8-1-2-10(18)11(19)5-8/h1-7H. The molecular weight excluding hydrogens is 370 g/mol. The maximum absolute atomic E-state index is 13.2. The Morgan fingerprint density at radius 1 is 0.913 bits per heavy atom. The van der Waals surface area contributed by atoms with Gasteiger partial charge in [-0.3, -0.25) is 14.6 Å². The molecule has 0 unspecified atom stereocenters. The highest BCUT2D eigenvalue weighted by Gasteiger charge is 2.21. The van der Waals surface area contributed by atoms with Crippen LogP contribution >= 0.6 is 15.9 Å². The minimum Gasteiger partial charge on any atom is -0.285 e. The fourth-order valence-corrected chi connectivity index (χ4v) is 2.31. The number of rotatable bonds is 3. The summed E-state index contributed by atoms with van der Waals surface area (Å²) < 4.78 is 26.8. The van der Waals surface area contributed by atoms with Crippen LogP contribution in [0.2, 0.25) is 0 Å². The smallest absolute Gasteiger partial charge is 0.251 e. The summed E-state index contributed by atoms with van der Waals surface area (Å²) in [4.78, 5) is 32.5. The van der Waals surface area contributed by atoms with E-state index in [1.54, 1.807) is 18.3 Å². The largest absolute Gasteiger partial charge is 0.285 e. The highest BCUT2D eigenvalue weighted by Crippen LogP contribution is 2.17. The second-order valence-corrected chi connectivity index (χ2v) is 5.59. The van der Waals surface area contributed by atoms with Gasteiger partial charge in [-0.1, -0.05) is 0 Å². The van der Waals surface area contributed by atoms with Crippen LogP contribution in [0.1, 0.15) is 20.8 Å². The number of carbonyl (C=O) groups excluding carboxylic acids is 2. The van der Waals surface area contributed by atoms with Crippen LogP contribution in [0, 0.1) is 11.6 Å². The third kappa shape index (κ3) is 3.00. The predicted octanol–water partition coefficient (Wildman–Crippen LogP) is 3.74. The molecule has 0 amide bonds. The molecule has 0 aliphatic carbocycles. The van der Waals surface area contributed by atoms with Crippen LogP contribution in [-0.4, -0.2) is 21.5 Å². The zero-order valence-electron chi connectivity index (χ0n) is 11.4. The summed E-state index contributed by atoms with van der Waals surface area (Å²) in [5, 5.41) is 0. The summed E-state index contributed by atoms with van der Waals surface area (Å²) in [5.74, 6) is -4.14. The number of carbonyl (C=O) groups is 2. The molecule has 0 saturated heterocycles. The molecule has 0 atom stereocenters. The lowest BCUT2D eigenvalue weighted by Gasteiger charge is -2.03. The van der Waals surface area contributed by atoms with Crippen LogP contribution in [-0.2, 0) is 0 Å². The monoisotopic (exact) mass is 376 g/mol. The zero-order valence-corrected chi connectivity index (χ0v) is 13.0. The lowest BCUT2D eigenvalue weighted by molar-refractivity contribution is 0.0814. The Hall–Kier alpha value is -2.54. The van der Waals surface area contributed by atoms with E-state index in [-0.39, 0.29) is 11.3 Å². The molecule has 23 heavy (non-hydrogen) atoms. The first-order chi connectivity index (χ1) is 11.0. The quantitative estimate of drug-likeness (QED) is 0.516. The van der Waals surface area contributed by atoms with Crippen molar-refractivity contribution >= 4 is 38.5 Å². The Labute approximate surface area is 137 Å². The maximum atomic E-state index is 13.2. The highest BCUT2D eigenvalue weighted by atomic mass is 79.9. The molecule has 0 fully saturated rings. The molecule has 0 aliphatic heterocycles. The van der Waals surface area contributed by atoms with Crippen molar-refractivity contribution < 1.29 is 18.4 Å². The first kappa shape index (κ1) is 15.4. The first-order valence-electron chi connectivity index (χ1n) is 6.42. The zero-order chi connectivity index (χ0) is 16.6. The van der Waals surface area contributed by atoms with Gasteiger partial charge in [-0.05, 0) is 52.3 Å². The van der Waals surface area contributed by atoms with Gasteiger partial charge in [0.2, 0.25) is 5.78 Å². The Bertz CT molecular complexity index is 960. The van der Waals surface area contributed by atoms with Crippen molar-refractivity contribution in [2.45, 2.75) is 0 Å². The summed E-state index contributed by atoms with van der Waals surface area (Å²) in [6, 6.07) is 7.11. The molecule has 0 bridgehead atoms. The number of nitrogens with zero attached hydrogens (tertiary/aromatic N) is 2. The minimum absolute atomic E-state index is 0.0906. The van der Waals surface area contributed by atoms with Gasteiger partial charge in [0.1, 0.15) is 5.69 Å². The molecule has 3 aromatic rings. The third-order valence-corrected chi connectivity index (χ3v) is 3.56. The molecule has 0 N–H and O–H groups in total. The van der Waals surface area contributed by atoms with Crippen molar-refractivity contribution in [3.8, 4) is 0 Å². The van der Waals surface area contributed by atoms with Gasteiger partial charge in [0.15, 0.2) is 11.6 Å². The fraction of sp³-hybridized carbons (Fsp3) is 0. The van der Waals surface area contributed by atoms with E-state index in [1.165, 1.54) is 6.07 Å². The Morgan fingerprint density at radius 2 is 1.70 bits per heavy atom. The van der Waals surface area contributed by atoms with Crippen LogP contribution in [0.25, 0.3) is 11.0 Å². The van der Waals surface area contributed by atoms with Crippen molar-refractivity contribution in [1.29, 1.82) is 0 Å². The molecule has 1 aromatic carbocycles. The Kier molecular flexibility index (Phi) is 3.96. The van der Waals surface area contributed by atoms with E-state index >= 15 is 0 Å². The van der Waals surface area contributed by atoms with E-state index in [0.29, 0.717) is 21.6 Å². The fourth-order valence-electron chi connectivity index (χ4n) is 1.99. The first-order valence-corrected chi connectivity index (χ1v) is 7.21. The molecule has 0 radical (unpaired) electrons. The van der Waals surface area contributed by atoms with Crippen molar-refractivity contribution in [3.63, 3.8) is 0 Å². The van der Waals surface area contributed by atoms with Crippen molar-refractivity contribution in [1.82, 2.24) is 9.97 Å². The third-order valence-electron chi connectivity index (χ3n) is 3.12. The van der Waals surface area contributed by atoms with Crippen LogP contribution in [0.3, 0.4) is 0 Å². The van der Waals surface area contributed by atoms with Crippen molar-refractivity contribution in [2.24, 2.45) is 0 Å². The summed E-state index contributed by atoms with van der Waals surface area (Å²) in [6.07, 6.45) is 1.58. The molecule has 0 aliphatic rings. The lowest BCUT2D eigenvalue weighted by atomic mass is 10.0. The van der Waals surface area contributed by atoms with Crippen molar-refractivity contribution in [3.05, 3.63) is 70.0 Å². The van der Waals surface area contributed by atoms with Crippen molar-refractivity contribution in [2.75, 3.05) is 0 Å². The minimum atomic E-state index is -1.19. The lowest BCUT2D eigenvalue weighted by Crippen LogP contribution is -2.16. The van der Waals surface area contributed by atoms with E-state index in [4.69, 9.17) is 0 Å². The average molecular weight is 377 g/mol. The van der Waals surface area contributed by atoms with Gasteiger partial charge in [0.25, 0.3) is 5.78 Å². The number of hydrogen-bond donors (Lipinski definition) is 0. The molecule has 3 rings (SSSR count). The topological polar surface area (TPSA) is 59.9 Å². The predicted molar refractivity (Wildman–Crippen MR) is 82.3 cm³/mol. The number of Topliss-reactive ketones (excluding diaryl/α,β-unsaturated/α-hetero) is 2. The molecule has 2 heterocycles. The van der Waals surface area contributed by atoms with Gasteiger partial charge in [-0.2, -0.15) is 0 Å². The van der Waals surface area contributed by atoms with E-state index < -0.39 is 23.2 Å². The van der Waals surface area contributed by atoms with Gasteiger partial charge >= 0.3 is 0 Å². The summed E-state index contributed by atoms with van der Waals surface area (Å²) in [5.41, 5.74) is 0.670. The van der Waals surface area contributed by atoms with Crippen LogP contribution in [0.4, 0.5) is 8.78 Å². The van der Waals surface area contributed by atoms with E-state index in [1.807, 2.05) is 0 Å². The number of benzene rings is 1. The Morgan fingerprint density at radius 3 is 2.43 bits per heavy atom. The average Bonchev–Trinajstić information content (AvgIpc) is 2.55. The van der Waals surface area contributed by atoms with Gasteiger partial charge in [-0.15, -0.1) is 0 Å². The number of aromatic nitrogens is 2. The number of pyridine rings is 2. The number of hydrogen-bond acceptors (Lipinski definition) is 4. The number of ketones is 2. The van der Waals surface area contributed by atoms with Crippen LogP contribution in [0.5, 0.6) is 0 Å². The molecule has 0 spiro atoms.